The maximum Gasteiger partial charge on any atom is 0.0553 e. The Bertz CT molecular complexity index is 3390. The molecule has 1 aliphatic carbocycles. The summed E-state index contributed by atoms with van der Waals surface area (Å²) >= 11 is 0. The van der Waals surface area contributed by atoms with Gasteiger partial charge in [-0.2, -0.15) is 0 Å². The minimum atomic E-state index is -0.0954. The van der Waals surface area contributed by atoms with Crippen LogP contribution in [0.1, 0.15) is 25.0 Å². The summed E-state index contributed by atoms with van der Waals surface area (Å²) in [5, 5.41) is 5.19. The second kappa shape index (κ2) is 13.7. The summed E-state index contributed by atoms with van der Waals surface area (Å²) < 4.78 is 2.45. The molecule has 0 aliphatic heterocycles. The van der Waals surface area contributed by atoms with E-state index >= 15 is 0 Å². The van der Waals surface area contributed by atoms with Gasteiger partial charge in [0.15, 0.2) is 0 Å². The van der Waals surface area contributed by atoms with Gasteiger partial charge in [-0.15, -0.1) is 0 Å². The molecule has 0 bridgehead atoms. The zero-order valence-corrected chi connectivity index (χ0v) is 34.2. The van der Waals surface area contributed by atoms with Gasteiger partial charge in [-0.3, -0.25) is 0 Å². The van der Waals surface area contributed by atoms with Gasteiger partial charge in [0.2, 0.25) is 0 Å². The molecular formula is C59H42N2. The minimum absolute atomic E-state index is 0.0954. The molecule has 1 heterocycles. The first-order valence-corrected chi connectivity index (χ1v) is 21.3. The molecule has 0 N–H and O–H groups in total. The predicted molar refractivity (Wildman–Crippen MR) is 258 cm³/mol. The van der Waals surface area contributed by atoms with Gasteiger partial charge in [0, 0.05) is 38.9 Å². The number of anilines is 3. The number of rotatable bonds is 7. The van der Waals surface area contributed by atoms with E-state index in [-0.39, 0.29) is 5.41 Å². The summed E-state index contributed by atoms with van der Waals surface area (Å²) in [6, 6.07) is 80.3. The van der Waals surface area contributed by atoms with Crippen LogP contribution >= 0.6 is 0 Å². The van der Waals surface area contributed by atoms with E-state index in [1.165, 1.54) is 88.2 Å². The highest BCUT2D eigenvalue weighted by molar-refractivity contribution is 6.25. The normalized spacial score (nSPS) is 12.9. The zero-order valence-electron chi connectivity index (χ0n) is 34.2. The second-order valence-electron chi connectivity index (χ2n) is 17.0. The molecule has 2 nitrogen and oxygen atoms in total. The molecule has 11 aromatic rings. The summed E-state index contributed by atoms with van der Waals surface area (Å²) in [6.07, 6.45) is 0. The lowest BCUT2D eigenvalue weighted by Gasteiger charge is -2.28. The maximum absolute atomic E-state index is 2.45. The monoisotopic (exact) mass is 778 g/mol. The van der Waals surface area contributed by atoms with Crippen LogP contribution in [-0.4, -0.2) is 4.57 Å². The Morgan fingerprint density at radius 1 is 0.344 bits per heavy atom. The van der Waals surface area contributed by atoms with Crippen LogP contribution < -0.4 is 4.90 Å². The molecule has 0 fully saturated rings. The molecule has 2 heteroatoms. The number of hydrogen-bond donors (Lipinski definition) is 0. The highest BCUT2D eigenvalue weighted by Gasteiger charge is 2.35. The summed E-state index contributed by atoms with van der Waals surface area (Å²) in [4.78, 5) is 2.40. The Hall–Kier alpha value is -7.68. The fraction of sp³-hybridized carbons (Fsp3) is 0.0508. The van der Waals surface area contributed by atoms with Crippen molar-refractivity contribution in [2.75, 3.05) is 4.90 Å². The van der Waals surface area contributed by atoms with E-state index in [1.54, 1.807) is 0 Å². The predicted octanol–water partition coefficient (Wildman–Crippen LogP) is 16.2. The van der Waals surface area contributed by atoms with Crippen molar-refractivity contribution >= 4 is 49.6 Å². The third-order valence-electron chi connectivity index (χ3n) is 13.1. The van der Waals surface area contributed by atoms with E-state index in [2.05, 4.69) is 242 Å². The quantitative estimate of drug-likeness (QED) is 0.146. The van der Waals surface area contributed by atoms with E-state index in [0.29, 0.717) is 0 Å². The first-order chi connectivity index (χ1) is 30.0. The Balaban J connectivity index is 0.925. The first kappa shape index (κ1) is 35.3. The van der Waals surface area contributed by atoms with Crippen molar-refractivity contribution < 1.29 is 0 Å². The number of aromatic nitrogens is 1. The molecule has 0 atom stereocenters. The van der Waals surface area contributed by atoms with Crippen molar-refractivity contribution in [2.45, 2.75) is 19.3 Å². The Kier molecular flexibility index (Phi) is 7.92. The summed E-state index contributed by atoms with van der Waals surface area (Å²) in [7, 11) is 0. The highest BCUT2D eigenvalue weighted by atomic mass is 15.1. The molecular weight excluding hydrogens is 737 g/mol. The van der Waals surface area contributed by atoms with Gasteiger partial charge in [-0.25, -0.2) is 0 Å². The summed E-state index contributed by atoms with van der Waals surface area (Å²) in [5.74, 6) is 0. The van der Waals surface area contributed by atoms with Crippen molar-refractivity contribution in [3.05, 3.63) is 230 Å². The molecule has 12 rings (SSSR count). The Labute approximate surface area is 356 Å². The smallest absolute Gasteiger partial charge is 0.0553 e. The van der Waals surface area contributed by atoms with E-state index in [4.69, 9.17) is 0 Å². The lowest BCUT2D eigenvalue weighted by atomic mass is 9.82. The van der Waals surface area contributed by atoms with Crippen LogP contribution in [0.2, 0.25) is 0 Å². The van der Waals surface area contributed by atoms with E-state index in [1.807, 2.05) is 0 Å². The number of nitrogens with zero attached hydrogens (tertiary/aromatic N) is 2. The van der Waals surface area contributed by atoms with Gasteiger partial charge in [-0.1, -0.05) is 166 Å². The molecule has 0 saturated carbocycles. The summed E-state index contributed by atoms with van der Waals surface area (Å²) in [6.45, 7) is 4.71. The van der Waals surface area contributed by atoms with Crippen LogP contribution in [0.3, 0.4) is 0 Å². The van der Waals surface area contributed by atoms with Gasteiger partial charge in [0.05, 0.1) is 11.0 Å². The topological polar surface area (TPSA) is 8.17 Å². The van der Waals surface area contributed by atoms with Crippen molar-refractivity contribution in [1.29, 1.82) is 0 Å². The fourth-order valence-corrected chi connectivity index (χ4v) is 10.1. The van der Waals surface area contributed by atoms with Crippen molar-refractivity contribution in [3.63, 3.8) is 0 Å². The van der Waals surface area contributed by atoms with Crippen molar-refractivity contribution in [3.8, 4) is 50.2 Å². The average molecular weight is 779 g/mol. The molecule has 0 unspecified atom stereocenters. The lowest BCUT2D eigenvalue weighted by Crippen LogP contribution is -2.16. The van der Waals surface area contributed by atoms with E-state index in [0.717, 1.165) is 22.7 Å². The van der Waals surface area contributed by atoms with Gasteiger partial charge < -0.3 is 9.47 Å². The molecule has 0 spiro atoms. The van der Waals surface area contributed by atoms with Gasteiger partial charge >= 0.3 is 0 Å². The van der Waals surface area contributed by atoms with E-state index < -0.39 is 0 Å². The van der Waals surface area contributed by atoms with Crippen LogP contribution in [0, 0.1) is 0 Å². The second-order valence-corrected chi connectivity index (χ2v) is 17.0. The molecule has 1 aliphatic rings. The SMILES string of the molecule is CC1(C)c2ccccc2-c2ccc(N(c3ccc(-c4ccccc4)cc3)c3ccc(-c4ccc(-n5c6cccc7ccc8cc(-c9ccccc9)cc5c8c76)cc4)cc3)cc21. The van der Waals surface area contributed by atoms with Gasteiger partial charge in [0.25, 0.3) is 0 Å². The molecule has 0 amide bonds. The molecule has 0 radical (unpaired) electrons. The van der Waals surface area contributed by atoms with Crippen LogP contribution in [0.15, 0.2) is 218 Å². The highest BCUT2D eigenvalue weighted by Crippen LogP contribution is 2.51. The maximum atomic E-state index is 2.45. The number of benzene rings is 10. The minimum Gasteiger partial charge on any atom is -0.310 e. The first-order valence-electron chi connectivity index (χ1n) is 21.3. The van der Waals surface area contributed by atoms with Gasteiger partial charge in [-0.05, 0) is 133 Å². The molecule has 0 saturated heterocycles. The zero-order chi connectivity index (χ0) is 40.7. The molecule has 1 aromatic heterocycles. The van der Waals surface area contributed by atoms with Crippen LogP contribution in [0.5, 0.6) is 0 Å². The Morgan fingerprint density at radius 2 is 0.869 bits per heavy atom. The molecule has 288 valence electrons. The van der Waals surface area contributed by atoms with Crippen LogP contribution in [0.25, 0.3) is 82.8 Å². The van der Waals surface area contributed by atoms with Crippen LogP contribution in [0.4, 0.5) is 17.1 Å². The largest absolute Gasteiger partial charge is 0.310 e. The average Bonchev–Trinajstić information content (AvgIpc) is 3.78. The van der Waals surface area contributed by atoms with Crippen molar-refractivity contribution in [2.24, 2.45) is 0 Å². The Morgan fingerprint density at radius 3 is 1.54 bits per heavy atom. The molecule has 61 heavy (non-hydrogen) atoms. The number of fused-ring (bicyclic) bond motifs is 3. The van der Waals surface area contributed by atoms with Crippen LogP contribution in [-0.2, 0) is 5.41 Å². The third-order valence-corrected chi connectivity index (χ3v) is 13.1. The molecule has 10 aromatic carbocycles. The lowest BCUT2D eigenvalue weighted by molar-refractivity contribution is 0.660. The third kappa shape index (κ3) is 5.64. The summed E-state index contributed by atoms with van der Waals surface area (Å²) in [5.41, 5.74) is 19.6. The van der Waals surface area contributed by atoms with Gasteiger partial charge in [0.1, 0.15) is 0 Å². The number of hydrogen-bond acceptors (Lipinski definition) is 1. The fourth-order valence-electron chi connectivity index (χ4n) is 10.1. The standard InChI is InChI=1S/C59H42N2/c1-59(2)53-18-10-9-17-51(53)52-35-34-50(38-54(52)59)60(47-28-22-41(23-29-47)39-12-5-3-6-13-39)48-30-24-42(25-31-48)43-26-32-49(33-27-43)61-55-19-11-16-44-20-21-45-36-46(40-14-7-4-8-15-40)37-56(61)58(45)57(44)55/h3-38H,1-2H3. The van der Waals surface area contributed by atoms with Crippen molar-refractivity contribution in [1.82, 2.24) is 4.57 Å². The van der Waals surface area contributed by atoms with E-state index in [9.17, 15) is 0 Å².